The summed E-state index contributed by atoms with van der Waals surface area (Å²) in [5.41, 5.74) is -0.722. The molecule has 0 amide bonds. The van der Waals surface area contributed by atoms with Crippen LogP contribution in [-0.4, -0.2) is 38.2 Å². The Hall–Kier alpha value is -3.20. The number of methoxy groups -OCH3 is 1. The van der Waals surface area contributed by atoms with E-state index in [1.807, 2.05) is 54.6 Å². The molecule has 1 atom stereocenters. The van der Waals surface area contributed by atoms with Crippen molar-refractivity contribution in [3.63, 3.8) is 0 Å². The van der Waals surface area contributed by atoms with Crippen LogP contribution in [0, 0.1) is 6.42 Å². The molecule has 9 heteroatoms. The Morgan fingerprint density at radius 3 is 1.92 bits per heavy atom. The highest BCUT2D eigenvalue weighted by molar-refractivity contribution is 5.58. The van der Waals surface area contributed by atoms with Gasteiger partial charge >= 0.3 is 12.4 Å². The highest BCUT2D eigenvalue weighted by Gasteiger charge is 2.37. The first-order valence-electron chi connectivity index (χ1n) is 11.8. The Balaban J connectivity index is 1.54. The molecule has 0 saturated carbocycles. The van der Waals surface area contributed by atoms with Crippen molar-refractivity contribution in [1.82, 2.24) is 4.90 Å². The number of para-hydroxylation sites is 2. The van der Waals surface area contributed by atoms with Gasteiger partial charge in [-0.05, 0) is 54.3 Å². The summed E-state index contributed by atoms with van der Waals surface area (Å²) in [4.78, 5) is 4.40. The zero-order valence-corrected chi connectivity index (χ0v) is 20.2. The lowest BCUT2D eigenvalue weighted by Crippen LogP contribution is -2.48. The maximum atomic E-state index is 13.3. The van der Waals surface area contributed by atoms with Gasteiger partial charge in [0, 0.05) is 32.2 Å². The van der Waals surface area contributed by atoms with Gasteiger partial charge < -0.3 is 9.64 Å². The standard InChI is InChI=1S/C28H27F6N2O/c1-37-26-10-6-5-9-25(26)36-15-13-35(14-16-36)24(21-7-3-2-4-8-21)12-11-20-17-22(27(29,30)31)19-23(18-20)28(32,33)34/h2-10,12,17-19,24H,11,13-16H2,1H3. The minimum Gasteiger partial charge on any atom is -0.495 e. The number of anilines is 1. The van der Waals surface area contributed by atoms with Gasteiger partial charge in [0.1, 0.15) is 5.75 Å². The van der Waals surface area contributed by atoms with Crippen LogP contribution in [0.25, 0.3) is 0 Å². The van der Waals surface area contributed by atoms with Crippen LogP contribution in [0.1, 0.15) is 28.3 Å². The van der Waals surface area contributed by atoms with Gasteiger partial charge in [0.25, 0.3) is 0 Å². The van der Waals surface area contributed by atoms with Crippen molar-refractivity contribution in [2.75, 3.05) is 38.2 Å². The highest BCUT2D eigenvalue weighted by Crippen LogP contribution is 2.37. The predicted octanol–water partition coefficient (Wildman–Crippen LogP) is 7.04. The molecule has 1 aliphatic rings. The van der Waals surface area contributed by atoms with Crippen molar-refractivity contribution in [2.24, 2.45) is 0 Å². The molecule has 1 heterocycles. The largest absolute Gasteiger partial charge is 0.495 e. The lowest BCUT2D eigenvalue weighted by atomic mass is 9.95. The third-order valence-corrected chi connectivity index (χ3v) is 6.50. The molecule has 1 unspecified atom stereocenters. The summed E-state index contributed by atoms with van der Waals surface area (Å²) in [7, 11) is 1.62. The predicted molar refractivity (Wildman–Crippen MR) is 130 cm³/mol. The van der Waals surface area contributed by atoms with E-state index in [1.54, 1.807) is 13.5 Å². The van der Waals surface area contributed by atoms with E-state index >= 15 is 0 Å². The Morgan fingerprint density at radius 2 is 1.35 bits per heavy atom. The molecule has 1 radical (unpaired) electrons. The Morgan fingerprint density at radius 1 is 0.784 bits per heavy atom. The number of hydrogen-bond acceptors (Lipinski definition) is 3. The van der Waals surface area contributed by atoms with E-state index in [1.165, 1.54) is 0 Å². The van der Waals surface area contributed by atoms with Gasteiger partial charge in [0.15, 0.2) is 0 Å². The Labute approximate surface area is 212 Å². The van der Waals surface area contributed by atoms with Crippen molar-refractivity contribution >= 4 is 5.69 Å². The second-order valence-corrected chi connectivity index (χ2v) is 8.90. The van der Waals surface area contributed by atoms with E-state index in [0.717, 1.165) is 29.1 Å². The van der Waals surface area contributed by atoms with E-state index in [2.05, 4.69) is 9.80 Å². The first-order valence-corrected chi connectivity index (χ1v) is 11.8. The minimum atomic E-state index is -4.87. The summed E-state index contributed by atoms with van der Waals surface area (Å²) >= 11 is 0. The van der Waals surface area contributed by atoms with Gasteiger partial charge in [0.05, 0.1) is 23.9 Å². The zero-order valence-electron chi connectivity index (χ0n) is 20.2. The fourth-order valence-corrected chi connectivity index (χ4v) is 4.66. The number of ether oxygens (including phenoxy) is 1. The number of benzene rings is 3. The van der Waals surface area contributed by atoms with Gasteiger partial charge in [0.2, 0.25) is 0 Å². The average Bonchev–Trinajstić information content (AvgIpc) is 2.88. The van der Waals surface area contributed by atoms with Crippen molar-refractivity contribution in [2.45, 2.75) is 24.8 Å². The fourth-order valence-electron chi connectivity index (χ4n) is 4.66. The molecule has 0 spiro atoms. The fraction of sp³-hybridized carbons (Fsp3) is 0.321. The molecule has 1 saturated heterocycles. The number of nitrogens with zero attached hydrogens (tertiary/aromatic N) is 2. The molecule has 3 aromatic rings. The second-order valence-electron chi connectivity index (χ2n) is 8.90. The van der Waals surface area contributed by atoms with Crippen LogP contribution in [0.4, 0.5) is 32.0 Å². The molecule has 0 N–H and O–H groups in total. The van der Waals surface area contributed by atoms with Gasteiger partial charge in [-0.2, -0.15) is 26.3 Å². The first kappa shape index (κ1) is 26.9. The number of hydrogen-bond donors (Lipinski definition) is 0. The van der Waals surface area contributed by atoms with Gasteiger partial charge in [-0.3, -0.25) is 4.90 Å². The number of halogens is 6. The molecule has 4 rings (SSSR count). The summed E-state index contributed by atoms with van der Waals surface area (Å²) in [5.74, 6) is 0.770. The SMILES string of the molecule is COc1ccccc1N1CCN(C([CH]Cc2cc(C(F)(F)F)cc(C(F)(F)F)c2)c2ccccc2)CC1. The summed E-state index contributed by atoms with van der Waals surface area (Å²) in [6, 6.07) is 18.6. The first-order chi connectivity index (χ1) is 17.6. The molecule has 1 fully saturated rings. The van der Waals surface area contributed by atoms with Crippen LogP contribution in [-0.2, 0) is 18.8 Å². The van der Waals surface area contributed by atoms with Crippen molar-refractivity contribution in [1.29, 1.82) is 0 Å². The Bertz CT molecular complexity index is 1140. The maximum Gasteiger partial charge on any atom is 0.416 e. The van der Waals surface area contributed by atoms with Gasteiger partial charge in [-0.25, -0.2) is 0 Å². The third-order valence-electron chi connectivity index (χ3n) is 6.50. The lowest BCUT2D eigenvalue weighted by molar-refractivity contribution is -0.143. The molecule has 37 heavy (non-hydrogen) atoms. The van der Waals surface area contributed by atoms with Gasteiger partial charge in [-0.1, -0.05) is 42.5 Å². The van der Waals surface area contributed by atoms with Crippen molar-refractivity contribution in [3.05, 3.63) is 101 Å². The molecule has 0 bridgehead atoms. The molecule has 3 nitrogen and oxygen atoms in total. The van der Waals surface area contributed by atoms with Crippen molar-refractivity contribution < 1.29 is 31.1 Å². The van der Waals surface area contributed by atoms with E-state index < -0.39 is 23.5 Å². The lowest BCUT2D eigenvalue weighted by Gasteiger charge is -2.40. The van der Waals surface area contributed by atoms with Crippen LogP contribution in [0.3, 0.4) is 0 Å². The minimum absolute atomic E-state index is 0.0317. The number of rotatable bonds is 7. The number of alkyl halides is 6. The maximum absolute atomic E-state index is 13.3. The van der Waals surface area contributed by atoms with Crippen LogP contribution >= 0.6 is 0 Å². The third kappa shape index (κ3) is 6.57. The topological polar surface area (TPSA) is 15.7 Å². The normalized spacial score (nSPS) is 16.0. The second kappa shape index (κ2) is 11.0. The average molecular weight is 522 g/mol. The number of piperazine rings is 1. The van der Waals surface area contributed by atoms with E-state index in [9.17, 15) is 26.3 Å². The molecule has 0 aromatic heterocycles. The van der Waals surface area contributed by atoms with Crippen LogP contribution in [0.2, 0.25) is 0 Å². The molecule has 3 aromatic carbocycles. The molecular weight excluding hydrogens is 494 g/mol. The Kier molecular flexibility index (Phi) is 8.02. The van der Waals surface area contributed by atoms with Crippen LogP contribution < -0.4 is 9.64 Å². The van der Waals surface area contributed by atoms with E-state index in [4.69, 9.17) is 4.74 Å². The van der Waals surface area contributed by atoms with Crippen LogP contribution in [0.15, 0.2) is 72.8 Å². The molecule has 1 aliphatic heterocycles. The van der Waals surface area contributed by atoms with E-state index in [0.29, 0.717) is 26.2 Å². The van der Waals surface area contributed by atoms with Gasteiger partial charge in [-0.15, -0.1) is 0 Å². The van der Waals surface area contributed by atoms with Crippen molar-refractivity contribution in [3.8, 4) is 5.75 Å². The summed E-state index contributed by atoms with van der Waals surface area (Å²) in [6.45, 7) is 2.70. The molecule has 0 aliphatic carbocycles. The quantitative estimate of drug-likeness (QED) is 0.310. The summed E-state index contributed by atoms with van der Waals surface area (Å²) in [5, 5.41) is 0. The monoisotopic (exact) mass is 521 g/mol. The summed E-state index contributed by atoms with van der Waals surface area (Å²) in [6.07, 6.45) is -7.99. The zero-order chi connectivity index (χ0) is 26.6. The smallest absolute Gasteiger partial charge is 0.416 e. The molecule has 197 valence electrons. The molecular formula is C28H27F6N2O. The van der Waals surface area contributed by atoms with E-state index in [-0.39, 0.29) is 24.1 Å². The van der Waals surface area contributed by atoms with Crippen LogP contribution in [0.5, 0.6) is 5.75 Å². The highest BCUT2D eigenvalue weighted by atomic mass is 19.4. The summed E-state index contributed by atoms with van der Waals surface area (Å²) < 4.78 is 85.4.